The molecule has 2 N–H and O–H groups in total. The van der Waals surface area contributed by atoms with E-state index >= 15 is 0 Å². The molecule has 4 rings (SSSR count). The van der Waals surface area contributed by atoms with Crippen LogP contribution in [0.15, 0.2) is 91.3 Å². The second-order valence-electron chi connectivity index (χ2n) is 7.86. The van der Waals surface area contributed by atoms with E-state index in [0.717, 1.165) is 29.7 Å². The molecule has 0 aliphatic carbocycles. The minimum Gasteiger partial charge on any atom is -0.338 e. The molecule has 2 amide bonds. The number of benzene rings is 3. The van der Waals surface area contributed by atoms with Crippen LogP contribution in [0.3, 0.4) is 0 Å². The van der Waals surface area contributed by atoms with Crippen molar-refractivity contribution in [1.82, 2.24) is 20.4 Å². The van der Waals surface area contributed by atoms with Crippen LogP contribution in [0.1, 0.15) is 23.1 Å². The normalized spacial score (nSPS) is 10.7. The molecule has 5 nitrogen and oxygen atoms in total. The van der Waals surface area contributed by atoms with Crippen molar-refractivity contribution < 1.29 is 4.79 Å². The fourth-order valence-electron chi connectivity index (χ4n) is 3.73. The van der Waals surface area contributed by atoms with Gasteiger partial charge in [0.15, 0.2) is 0 Å². The predicted octanol–water partition coefficient (Wildman–Crippen LogP) is 5.28. The number of hydrogen-bond acceptors (Lipinski definition) is 2. The molecule has 4 aromatic rings. The molecule has 0 radical (unpaired) electrons. The SMILES string of the molecule is Cc1cc(CNC(=O)NCCCc2cnn(-c3ccccc3)c2)ccc1-c1ccccc1. The number of aryl methyl sites for hydroxylation is 2. The Balaban J connectivity index is 1.19. The molecule has 0 aliphatic heterocycles. The lowest BCUT2D eigenvalue weighted by atomic mass is 9.98. The van der Waals surface area contributed by atoms with Gasteiger partial charge in [-0.05, 0) is 59.7 Å². The summed E-state index contributed by atoms with van der Waals surface area (Å²) in [6.45, 7) is 3.23. The fourth-order valence-corrected chi connectivity index (χ4v) is 3.73. The van der Waals surface area contributed by atoms with E-state index in [2.05, 4.69) is 53.0 Å². The summed E-state index contributed by atoms with van der Waals surface area (Å²) >= 11 is 0. The number of amides is 2. The summed E-state index contributed by atoms with van der Waals surface area (Å²) in [5.74, 6) is 0. The van der Waals surface area contributed by atoms with Gasteiger partial charge in [0.1, 0.15) is 0 Å². The molecule has 162 valence electrons. The van der Waals surface area contributed by atoms with Gasteiger partial charge in [0.05, 0.1) is 11.9 Å². The Morgan fingerprint density at radius 1 is 0.906 bits per heavy atom. The van der Waals surface area contributed by atoms with E-state index in [9.17, 15) is 4.79 Å². The summed E-state index contributed by atoms with van der Waals surface area (Å²) in [4.78, 5) is 12.2. The minimum absolute atomic E-state index is 0.144. The van der Waals surface area contributed by atoms with Crippen LogP contribution in [0.5, 0.6) is 0 Å². The van der Waals surface area contributed by atoms with E-state index in [-0.39, 0.29) is 6.03 Å². The molecule has 3 aromatic carbocycles. The van der Waals surface area contributed by atoms with Gasteiger partial charge in [-0.1, -0.05) is 66.7 Å². The van der Waals surface area contributed by atoms with Crippen LogP contribution in [0, 0.1) is 6.92 Å². The Kier molecular flexibility index (Phi) is 6.98. The Morgan fingerprint density at radius 3 is 2.41 bits per heavy atom. The summed E-state index contributed by atoms with van der Waals surface area (Å²) in [6, 6.07) is 26.6. The van der Waals surface area contributed by atoms with Gasteiger partial charge in [0, 0.05) is 19.3 Å². The Bertz CT molecular complexity index is 1150. The Labute approximate surface area is 189 Å². The lowest BCUT2D eigenvalue weighted by Crippen LogP contribution is -2.35. The number of nitrogens with zero attached hydrogens (tertiary/aromatic N) is 2. The van der Waals surface area contributed by atoms with Gasteiger partial charge in [-0.2, -0.15) is 5.10 Å². The highest BCUT2D eigenvalue weighted by atomic mass is 16.2. The lowest BCUT2D eigenvalue weighted by molar-refractivity contribution is 0.240. The smallest absolute Gasteiger partial charge is 0.315 e. The third-order valence-electron chi connectivity index (χ3n) is 5.41. The van der Waals surface area contributed by atoms with Crippen LogP contribution in [0.25, 0.3) is 16.8 Å². The van der Waals surface area contributed by atoms with Gasteiger partial charge in [-0.15, -0.1) is 0 Å². The minimum atomic E-state index is -0.144. The number of carbonyl (C=O) groups is 1. The number of hydrogen-bond donors (Lipinski definition) is 2. The second-order valence-corrected chi connectivity index (χ2v) is 7.86. The molecular weight excluding hydrogens is 396 g/mol. The van der Waals surface area contributed by atoms with Gasteiger partial charge >= 0.3 is 6.03 Å². The van der Waals surface area contributed by atoms with Crippen molar-refractivity contribution >= 4 is 6.03 Å². The zero-order valence-electron chi connectivity index (χ0n) is 18.3. The van der Waals surface area contributed by atoms with Gasteiger partial charge in [0.25, 0.3) is 0 Å². The van der Waals surface area contributed by atoms with Gasteiger partial charge in [-0.25, -0.2) is 9.48 Å². The molecule has 0 aliphatic rings. The van der Waals surface area contributed by atoms with Crippen LogP contribution in [-0.2, 0) is 13.0 Å². The highest BCUT2D eigenvalue weighted by Gasteiger charge is 2.05. The quantitative estimate of drug-likeness (QED) is 0.378. The van der Waals surface area contributed by atoms with Gasteiger partial charge in [-0.3, -0.25) is 0 Å². The van der Waals surface area contributed by atoms with Crippen LogP contribution in [0.4, 0.5) is 4.79 Å². The Morgan fingerprint density at radius 2 is 1.66 bits per heavy atom. The molecule has 1 aromatic heterocycles. The molecule has 0 spiro atoms. The highest BCUT2D eigenvalue weighted by molar-refractivity contribution is 5.74. The fraction of sp³-hybridized carbons (Fsp3) is 0.185. The van der Waals surface area contributed by atoms with Crippen molar-refractivity contribution in [2.75, 3.05) is 6.54 Å². The van der Waals surface area contributed by atoms with Crippen LogP contribution < -0.4 is 10.6 Å². The molecule has 0 unspecified atom stereocenters. The zero-order chi connectivity index (χ0) is 22.2. The first-order valence-electron chi connectivity index (χ1n) is 10.9. The summed E-state index contributed by atoms with van der Waals surface area (Å²) in [7, 11) is 0. The Hall–Kier alpha value is -3.86. The zero-order valence-corrected chi connectivity index (χ0v) is 18.3. The van der Waals surface area contributed by atoms with Crippen molar-refractivity contribution in [3.05, 3.63) is 108 Å². The first kappa shape index (κ1) is 21.4. The number of rotatable bonds is 8. The second kappa shape index (κ2) is 10.4. The molecule has 0 bridgehead atoms. The van der Waals surface area contributed by atoms with E-state index in [0.29, 0.717) is 13.1 Å². The maximum atomic E-state index is 12.2. The topological polar surface area (TPSA) is 59.0 Å². The number of nitrogens with one attached hydrogen (secondary N) is 2. The molecule has 0 fully saturated rings. The summed E-state index contributed by atoms with van der Waals surface area (Å²) in [5, 5.41) is 10.3. The molecule has 0 saturated carbocycles. The van der Waals surface area contributed by atoms with Crippen LogP contribution in [-0.4, -0.2) is 22.4 Å². The largest absolute Gasteiger partial charge is 0.338 e. The maximum Gasteiger partial charge on any atom is 0.315 e. The molecule has 0 saturated heterocycles. The molecule has 32 heavy (non-hydrogen) atoms. The lowest BCUT2D eigenvalue weighted by Gasteiger charge is -2.11. The van der Waals surface area contributed by atoms with Crippen molar-refractivity contribution in [1.29, 1.82) is 0 Å². The number of urea groups is 1. The standard InChI is InChI=1S/C27H28N4O/c1-21-17-22(14-15-26(21)24-10-4-2-5-11-24)18-29-27(32)28-16-8-9-23-19-30-31(20-23)25-12-6-3-7-13-25/h2-7,10-15,17,19-20H,8-9,16,18H2,1H3,(H2,28,29,32). The average molecular weight is 425 g/mol. The summed E-state index contributed by atoms with van der Waals surface area (Å²) in [5.41, 5.74) is 6.91. The van der Waals surface area contributed by atoms with E-state index in [1.807, 2.05) is 65.6 Å². The van der Waals surface area contributed by atoms with Crippen LogP contribution >= 0.6 is 0 Å². The molecule has 0 atom stereocenters. The molecule has 5 heteroatoms. The van der Waals surface area contributed by atoms with Crippen molar-refractivity contribution in [3.63, 3.8) is 0 Å². The van der Waals surface area contributed by atoms with Gasteiger partial charge in [0.2, 0.25) is 0 Å². The predicted molar refractivity (Wildman–Crippen MR) is 129 cm³/mol. The first-order valence-corrected chi connectivity index (χ1v) is 10.9. The van der Waals surface area contributed by atoms with Crippen molar-refractivity contribution in [2.45, 2.75) is 26.3 Å². The van der Waals surface area contributed by atoms with Crippen molar-refractivity contribution in [2.24, 2.45) is 0 Å². The number of para-hydroxylation sites is 1. The summed E-state index contributed by atoms with van der Waals surface area (Å²) in [6.07, 6.45) is 5.65. The van der Waals surface area contributed by atoms with E-state index in [1.54, 1.807) is 0 Å². The van der Waals surface area contributed by atoms with Gasteiger partial charge < -0.3 is 10.6 Å². The van der Waals surface area contributed by atoms with Crippen LogP contribution in [0.2, 0.25) is 0 Å². The maximum absolute atomic E-state index is 12.2. The number of aromatic nitrogens is 2. The number of carbonyl (C=O) groups excluding carboxylic acids is 1. The first-order chi connectivity index (χ1) is 15.7. The highest BCUT2D eigenvalue weighted by Crippen LogP contribution is 2.23. The van der Waals surface area contributed by atoms with E-state index < -0.39 is 0 Å². The monoisotopic (exact) mass is 424 g/mol. The third kappa shape index (κ3) is 5.64. The summed E-state index contributed by atoms with van der Waals surface area (Å²) < 4.78 is 1.88. The average Bonchev–Trinajstić information content (AvgIpc) is 3.31. The third-order valence-corrected chi connectivity index (χ3v) is 5.41. The van der Waals surface area contributed by atoms with E-state index in [1.165, 1.54) is 16.7 Å². The van der Waals surface area contributed by atoms with Crippen molar-refractivity contribution in [3.8, 4) is 16.8 Å². The molecule has 1 heterocycles. The molecular formula is C27H28N4O. The van der Waals surface area contributed by atoms with E-state index in [4.69, 9.17) is 0 Å².